The maximum absolute atomic E-state index is 12.6. The third-order valence-electron chi connectivity index (χ3n) is 5.52. The van der Waals surface area contributed by atoms with Crippen LogP contribution >= 0.6 is 0 Å². The molecular weight excluding hydrogens is 364 g/mol. The minimum absolute atomic E-state index is 0.0225. The van der Waals surface area contributed by atoms with E-state index in [0.717, 1.165) is 24.2 Å². The van der Waals surface area contributed by atoms with E-state index in [2.05, 4.69) is 41.0 Å². The van der Waals surface area contributed by atoms with Crippen LogP contribution in [-0.4, -0.2) is 52.0 Å². The Morgan fingerprint density at radius 1 is 1.03 bits per heavy atom. The minimum Gasteiger partial charge on any atom is -0.340 e. The molecule has 150 valence electrons. The molecule has 1 unspecified atom stereocenters. The second-order valence-electron chi connectivity index (χ2n) is 7.58. The summed E-state index contributed by atoms with van der Waals surface area (Å²) in [5, 5.41) is 4.12. The van der Waals surface area contributed by atoms with Gasteiger partial charge >= 0.3 is 0 Å². The highest BCUT2D eigenvalue weighted by atomic mass is 16.5. The second-order valence-corrected chi connectivity index (χ2v) is 7.58. The standard InChI is InChI=1S/C23H26N4O2/c1-17-8-10-19(11-9-17)16-21(28)27-14-12-26(13-15-27)18(2)23-24-22(25-29-23)20-6-4-3-5-7-20/h3-11,18H,12-16H2,1-2H3. The van der Waals surface area contributed by atoms with E-state index in [4.69, 9.17) is 4.52 Å². The molecule has 0 N–H and O–H groups in total. The number of nitrogens with zero attached hydrogens (tertiary/aromatic N) is 4. The Labute approximate surface area is 171 Å². The Morgan fingerprint density at radius 2 is 1.72 bits per heavy atom. The van der Waals surface area contributed by atoms with E-state index >= 15 is 0 Å². The molecule has 0 bridgehead atoms. The second kappa shape index (κ2) is 8.57. The molecule has 2 heterocycles. The van der Waals surface area contributed by atoms with Crippen LogP contribution in [0.5, 0.6) is 0 Å². The molecule has 0 spiro atoms. The zero-order valence-electron chi connectivity index (χ0n) is 16.9. The van der Waals surface area contributed by atoms with Crippen molar-refractivity contribution in [3.8, 4) is 11.4 Å². The molecule has 4 rings (SSSR count). The maximum Gasteiger partial charge on any atom is 0.244 e. The first kappa shape index (κ1) is 19.3. The summed E-state index contributed by atoms with van der Waals surface area (Å²) >= 11 is 0. The third kappa shape index (κ3) is 4.54. The Hall–Kier alpha value is -2.99. The van der Waals surface area contributed by atoms with Crippen molar-refractivity contribution in [2.24, 2.45) is 0 Å². The van der Waals surface area contributed by atoms with E-state index in [-0.39, 0.29) is 11.9 Å². The fraction of sp³-hybridized carbons (Fsp3) is 0.348. The van der Waals surface area contributed by atoms with Crippen molar-refractivity contribution in [2.45, 2.75) is 26.3 Å². The van der Waals surface area contributed by atoms with Gasteiger partial charge in [0.15, 0.2) is 0 Å². The number of hydrogen-bond acceptors (Lipinski definition) is 5. The van der Waals surface area contributed by atoms with Crippen LogP contribution in [0.1, 0.15) is 30.0 Å². The lowest BCUT2D eigenvalue weighted by molar-refractivity contribution is -0.132. The third-order valence-corrected chi connectivity index (χ3v) is 5.52. The molecule has 1 fully saturated rings. The van der Waals surface area contributed by atoms with E-state index in [1.54, 1.807) is 0 Å². The molecule has 0 saturated carbocycles. The molecule has 6 heteroatoms. The van der Waals surface area contributed by atoms with Gasteiger partial charge in [-0.25, -0.2) is 0 Å². The van der Waals surface area contributed by atoms with Gasteiger partial charge in [0.05, 0.1) is 12.5 Å². The van der Waals surface area contributed by atoms with Gasteiger partial charge in [0.2, 0.25) is 17.6 Å². The Kier molecular flexibility index (Phi) is 5.71. The number of benzene rings is 2. The summed E-state index contributed by atoms with van der Waals surface area (Å²) in [5.41, 5.74) is 3.22. The van der Waals surface area contributed by atoms with Crippen LogP contribution in [-0.2, 0) is 11.2 Å². The maximum atomic E-state index is 12.6. The number of hydrogen-bond donors (Lipinski definition) is 0. The van der Waals surface area contributed by atoms with Crippen LogP contribution in [0.15, 0.2) is 59.1 Å². The van der Waals surface area contributed by atoms with E-state index in [9.17, 15) is 4.79 Å². The average Bonchev–Trinajstić information content (AvgIpc) is 3.26. The highest BCUT2D eigenvalue weighted by Gasteiger charge is 2.27. The molecule has 1 aliphatic heterocycles. The van der Waals surface area contributed by atoms with Gasteiger partial charge in [-0.15, -0.1) is 0 Å². The summed E-state index contributed by atoms with van der Waals surface area (Å²) in [7, 11) is 0. The molecular formula is C23H26N4O2. The molecule has 0 radical (unpaired) electrons. The van der Waals surface area contributed by atoms with Crippen molar-refractivity contribution < 1.29 is 9.32 Å². The summed E-state index contributed by atoms with van der Waals surface area (Å²) < 4.78 is 5.51. The summed E-state index contributed by atoms with van der Waals surface area (Å²) in [5.74, 6) is 1.41. The minimum atomic E-state index is 0.0225. The molecule has 29 heavy (non-hydrogen) atoms. The first-order valence-electron chi connectivity index (χ1n) is 10.1. The van der Waals surface area contributed by atoms with Crippen molar-refractivity contribution in [1.82, 2.24) is 19.9 Å². The fourth-order valence-electron chi connectivity index (χ4n) is 3.62. The quantitative estimate of drug-likeness (QED) is 0.667. The van der Waals surface area contributed by atoms with Gasteiger partial charge in [0.25, 0.3) is 0 Å². The van der Waals surface area contributed by atoms with E-state index < -0.39 is 0 Å². The monoisotopic (exact) mass is 390 g/mol. The van der Waals surface area contributed by atoms with Crippen molar-refractivity contribution >= 4 is 5.91 Å². The van der Waals surface area contributed by atoms with Gasteiger partial charge < -0.3 is 9.42 Å². The van der Waals surface area contributed by atoms with Gasteiger partial charge in [-0.2, -0.15) is 4.98 Å². The number of aryl methyl sites for hydroxylation is 1. The summed E-state index contributed by atoms with van der Waals surface area (Å²) in [6, 6.07) is 18.0. The lowest BCUT2D eigenvalue weighted by Crippen LogP contribution is -2.49. The molecule has 6 nitrogen and oxygen atoms in total. The zero-order chi connectivity index (χ0) is 20.2. The van der Waals surface area contributed by atoms with Crippen LogP contribution in [0.3, 0.4) is 0 Å². The van der Waals surface area contributed by atoms with Crippen LogP contribution in [0.4, 0.5) is 0 Å². The van der Waals surface area contributed by atoms with Crippen LogP contribution in [0, 0.1) is 6.92 Å². The average molecular weight is 390 g/mol. The lowest BCUT2D eigenvalue weighted by atomic mass is 10.1. The SMILES string of the molecule is Cc1ccc(CC(=O)N2CCN(C(C)c3nc(-c4ccccc4)no3)CC2)cc1. The molecule has 1 amide bonds. The highest BCUT2D eigenvalue weighted by Crippen LogP contribution is 2.23. The van der Waals surface area contributed by atoms with E-state index in [1.165, 1.54) is 5.56 Å². The van der Waals surface area contributed by atoms with Crippen LogP contribution in [0.2, 0.25) is 0 Å². The van der Waals surface area contributed by atoms with Gasteiger partial charge in [0.1, 0.15) is 0 Å². The number of piperazine rings is 1. The normalized spacial score (nSPS) is 16.0. The van der Waals surface area contributed by atoms with Crippen molar-refractivity contribution in [2.75, 3.05) is 26.2 Å². The fourth-order valence-corrected chi connectivity index (χ4v) is 3.62. The smallest absolute Gasteiger partial charge is 0.244 e. The molecule has 0 aliphatic carbocycles. The van der Waals surface area contributed by atoms with Gasteiger partial charge in [-0.05, 0) is 19.4 Å². The number of rotatable bonds is 5. The lowest BCUT2D eigenvalue weighted by Gasteiger charge is -2.36. The highest BCUT2D eigenvalue weighted by molar-refractivity contribution is 5.78. The Balaban J connectivity index is 1.32. The largest absolute Gasteiger partial charge is 0.340 e. The van der Waals surface area contributed by atoms with Crippen molar-refractivity contribution in [3.05, 3.63) is 71.6 Å². The number of carbonyl (C=O) groups is 1. The number of aromatic nitrogens is 2. The molecule has 1 aliphatic rings. The van der Waals surface area contributed by atoms with Gasteiger partial charge in [-0.3, -0.25) is 9.69 Å². The van der Waals surface area contributed by atoms with Crippen LogP contribution < -0.4 is 0 Å². The molecule has 3 aromatic rings. The Morgan fingerprint density at radius 3 is 2.41 bits per heavy atom. The topological polar surface area (TPSA) is 62.5 Å². The predicted molar refractivity (Wildman–Crippen MR) is 111 cm³/mol. The zero-order valence-corrected chi connectivity index (χ0v) is 16.9. The molecule has 2 aromatic carbocycles. The summed E-state index contributed by atoms with van der Waals surface area (Å²) in [4.78, 5) is 21.4. The van der Waals surface area contributed by atoms with Gasteiger partial charge in [-0.1, -0.05) is 65.3 Å². The van der Waals surface area contributed by atoms with Crippen LogP contribution in [0.25, 0.3) is 11.4 Å². The van der Waals surface area contributed by atoms with Crippen molar-refractivity contribution in [1.29, 1.82) is 0 Å². The van der Waals surface area contributed by atoms with Gasteiger partial charge in [0, 0.05) is 31.7 Å². The molecule has 1 saturated heterocycles. The first-order chi connectivity index (χ1) is 14.1. The van der Waals surface area contributed by atoms with E-state index in [1.807, 2.05) is 47.4 Å². The predicted octanol–water partition coefficient (Wildman–Crippen LogP) is 3.49. The summed E-state index contributed by atoms with van der Waals surface area (Å²) in [6.45, 7) is 7.15. The molecule has 1 aromatic heterocycles. The molecule has 1 atom stereocenters. The Bertz CT molecular complexity index is 945. The van der Waals surface area contributed by atoms with Crippen molar-refractivity contribution in [3.63, 3.8) is 0 Å². The first-order valence-corrected chi connectivity index (χ1v) is 10.1. The number of amides is 1. The summed E-state index contributed by atoms with van der Waals surface area (Å²) in [6.07, 6.45) is 0.458. The van der Waals surface area contributed by atoms with E-state index in [0.29, 0.717) is 31.2 Å². The number of carbonyl (C=O) groups excluding carboxylic acids is 1.